The Balaban J connectivity index is 2.27. The van der Waals surface area contributed by atoms with Gasteiger partial charge < -0.3 is 4.42 Å². The van der Waals surface area contributed by atoms with Gasteiger partial charge in [0.2, 0.25) is 0 Å². The van der Waals surface area contributed by atoms with Crippen LogP contribution in [0.15, 0.2) is 68.9 Å². The van der Waals surface area contributed by atoms with Gasteiger partial charge in [0.1, 0.15) is 11.8 Å². The highest BCUT2D eigenvalue weighted by molar-refractivity contribution is 7.85. The van der Waals surface area contributed by atoms with Gasteiger partial charge in [-0.05, 0) is 29.8 Å². The first kappa shape index (κ1) is 13.5. The molecule has 0 aliphatic carbocycles. The van der Waals surface area contributed by atoms with Gasteiger partial charge in [-0.25, -0.2) is 0 Å². The van der Waals surface area contributed by atoms with Crippen LogP contribution in [-0.4, -0.2) is 13.0 Å². The summed E-state index contributed by atoms with van der Waals surface area (Å²) in [7, 11) is -4.32. The van der Waals surface area contributed by atoms with Crippen molar-refractivity contribution in [2.24, 2.45) is 0 Å². The molecular formula is C15H10O5S. The van der Waals surface area contributed by atoms with Crippen LogP contribution >= 0.6 is 0 Å². The molecule has 1 N–H and O–H groups in total. The smallest absolute Gasteiger partial charge is 0.294 e. The van der Waals surface area contributed by atoms with Gasteiger partial charge in [-0.1, -0.05) is 24.3 Å². The fraction of sp³-hybridized carbons (Fsp3) is 0. The van der Waals surface area contributed by atoms with E-state index in [4.69, 9.17) is 8.97 Å². The van der Waals surface area contributed by atoms with Crippen LogP contribution in [-0.2, 0) is 10.1 Å². The molecule has 0 unspecified atom stereocenters. The van der Waals surface area contributed by atoms with Crippen molar-refractivity contribution in [2.45, 2.75) is 4.90 Å². The van der Waals surface area contributed by atoms with Gasteiger partial charge in [-0.2, -0.15) is 8.42 Å². The fourth-order valence-corrected chi connectivity index (χ4v) is 2.63. The second-order valence-corrected chi connectivity index (χ2v) is 5.90. The summed E-state index contributed by atoms with van der Waals surface area (Å²) in [6, 6.07) is 12.3. The van der Waals surface area contributed by atoms with Crippen molar-refractivity contribution >= 4 is 21.1 Å². The lowest BCUT2D eigenvalue weighted by Crippen LogP contribution is -2.05. The molecule has 0 aliphatic heterocycles. The summed E-state index contributed by atoms with van der Waals surface area (Å²) in [5, 5.41) is 0.409. The molecule has 6 heteroatoms. The largest absolute Gasteiger partial charge is 0.463 e. The Morgan fingerprint density at radius 2 is 1.76 bits per heavy atom. The molecule has 5 nitrogen and oxygen atoms in total. The van der Waals surface area contributed by atoms with Gasteiger partial charge in [0.25, 0.3) is 10.1 Å². The maximum Gasteiger partial charge on any atom is 0.294 e. The van der Waals surface area contributed by atoms with Crippen molar-refractivity contribution in [3.05, 3.63) is 65.0 Å². The van der Waals surface area contributed by atoms with Crippen LogP contribution in [0, 0.1) is 0 Å². The molecule has 3 rings (SSSR count). The van der Waals surface area contributed by atoms with Crippen LogP contribution in [0.5, 0.6) is 0 Å². The molecule has 0 fully saturated rings. The van der Waals surface area contributed by atoms with Crippen molar-refractivity contribution < 1.29 is 17.4 Å². The van der Waals surface area contributed by atoms with Crippen molar-refractivity contribution in [2.75, 3.05) is 0 Å². The van der Waals surface area contributed by atoms with E-state index < -0.39 is 10.1 Å². The second kappa shape index (κ2) is 4.83. The van der Waals surface area contributed by atoms with E-state index in [1.807, 2.05) is 0 Å². The van der Waals surface area contributed by atoms with Crippen LogP contribution in [0.3, 0.4) is 0 Å². The molecule has 1 heterocycles. The van der Waals surface area contributed by atoms with E-state index in [0.29, 0.717) is 16.5 Å². The summed E-state index contributed by atoms with van der Waals surface area (Å²) in [6.07, 6.45) is 1.29. The fourth-order valence-electron chi connectivity index (χ4n) is 2.10. The standard InChI is InChI=1S/C15H10O5S/c16-15-12-6-1-2-7-14(12)20-9-13(15)10-4-3-5-11(8-10)21(17,18)19/h1-9H,(H,17,18,19). The predicted molar refractivity (Wildman–Crippen MR) is 77.7 cm³/mol. The molecule has 0 radical (unpaired) electrons. The van der Waals surface area contributed by atoms with Crippen molar-refractivity contribution in [1.29, 1.82) is 0 Å². The molecule has 21 heavy (non-hydrogen) atoms. The molecule has 0 saturated heterocycles. The van der Waals surface area contributed by atoms with E-state index in [1.165, 1.54) is 24.5 Å². The Labute approximate surface area is 120 Å². The first-order valence-corrected chi connectivity index (χ1v) is 7.49. The maximum absolute atomic E-state index is 12.4. The SMILES string of the molecule is O=c1c(-c2cccc(S(=O)(=O)O)c2)coc2ccccc12. The third-order valence-corrected chi connectivity index (χ3v) is 3.97. The summed E-state index contributed by atoms with van der Waals surface area (Å²) >= 11 is 0. The average Bonchev–Trinajstić information content (AvgIpc) is 2.47. The number of para-hydroxylation sites is 1. The Hall–Kier alpha value is -2.44. The minimum Gasteiger partial charge on any atom is -0.463 e. The number of hydrogen-bond donors (Lipinski definition) is 1. The topological polar surface area (TPSA) is 84.6 Å². The lowest BCUT2D eigenvalue weighted by molar-refractivity contribution is 0.483. The van der Waals surface area contributed by atoms with Crippen LogP contribution < -0.4 is 5.43 Å². The molecule has 106 valence electrons. The van der Waals surface area contributed by atoms with Crippen molar-refractivity contribution in [1.82, 2.24) is 0 Å². The summed E-state index contributed by atoms with van der Waals surface area (Å²) in [5.74, 6) is 0. The van der Waals surface area contributed by atoms with E-state index in [0.717, 1.165) is 0 Å². The molecule has 0 saturated carbocycles. The molecule has 3 aromatic rings. The first-order valence-electron chi connectivity index (χ1n) is 6.05. The third kappa shape index (κ3) is 2.46. The van der Waals surface area contributed by atoms with Gasteiger partial charge in [-0.3, -0.25) is 9.35 Å². The van der Waals surface area contributed by atoms with Crippen LogP contribution in [0.4, 0.5) is 0 Å². The van der Waals surface area contributed by atoms with Crippen LogP contribution in [0.2, 0.25) is 0 Å². The van der Waals surface area contributed by atoms with E-state index in [1.54, 1.807) is 30.3 Å². The van der Waals surface area contributed by atoms with Gasteiger partial charge in [-0.15, -0.1) is 0 Å². The molecule has 1 aromatic heterocycles. The Kier molecular flexibility index (Phi) is 3.12. The number of rotatable bonds is 2. The zero-order valence-electron chi connectivity index (χ0n) is 10.7. The van der Waals surface area contributed by atoms with Crippen molar-refractivity contribution in [3.63, 3.8) is 0 Å². The summed E-state index contributed by atoms with van der Waals surface area (Å²) in [4.78, 5) is 12.1. The zero-order valence-corrected chi connectivity index (χ0v) is 11.5. The minimum atomic E-state index is -4.32. The first-order chi connectivity index (χ1) is 9.97. The number of fused-ring (bicyclic) bond motifs is 1. The second-order valence-electron chi connectivity index (χ2n) is 4.48. The van der Waals surface area contributed by atoms with Crippen LogP contribution in [0.25, 0.3) is 22.1 Å². The van der Waals surface area contributed by atoms with Gasteiger partial charge >= 0.3 is 0 Å². The molecule has 0 amide bonds. The third-order valence-electron chi connectivity index (χ3n) is 3.12. The zero-order chi connectivity index (χ0) is 15.0. The quantitative estimate of drug-likeness (QED) is 0.736. The molecular weight excluding hydrogens is 292 g/mol. The molecule has 0 spiro atoms. The number of hydrogen-bond acceptors (Lipinski definition) is 4. The van der Waals surface area contributed by atoms with Gasteiger partial charge in [0, 0.05) is 0 Å². The maximum atomic E-state index is 12.4. The normalized spacial score (nSPS) is 11.7. The Morgan fingerprint density at radius 3 is 2.52 bits per heavy atom. The average molecular weight is 302 g/mol. The highest BCUT2D eigenvalue weighted by atomic mass is 32.2. The Morgan fingerprint density at radius 1 is 1.00 bits per heavy atom. The highest BCUT2D eigenvalue weighted by Crippen LogP contribution is 2.22. The predicted octanol–water partition coefficient (Wildman–Crippen LogP) is 2.71. The highest BCUT2D eigenvalue weighted by Gasteiger charge is 2.13. The van der Waals surface area contributed by atoms with E-state index >= 15 is 0 Å². The number of benzene rings is 2. The molecule has 2 aromatic carbocycles. The lowest BCUT2D eigenvalue weighted by Gasteiger charge is -2.04. The lowest BCUT2D eigenvalue weighted by atomic mass is 10.1. The van der Waals surface area contributed by atoms with E-state index in [2.05, 4.69) is 0 Å². The van der Waals surface area contributed by atoms with E-state index in [-0.39, 0.29) is 15.9 Å². The van der Waals surface area contributed by atoms with Gasteiger partial charge in [0.05, 0.1) is 15.8 Å². The molecule has 0 bridgehead atoms. The summed E-state index contributed by atoms with van der Waals surface area (Å²) < 4.78 is 36.8. The Bertz CT molecular complexity index is 986. The summed E-state index contributed by atoms with van der Waals surface area (Å²) in [6.45, 7) is 0. The summed E-state index contributed by atoms with van der Waals surface area (Å²) in [5.41, 5.74) is 0.797. The molecule has 0 atom stereocenters. The van der Waals surface area contributed by atoms with Crippen LogP contribution in [0.1, 0.15) is 0 Å². The molecule has 0 aliphatic rings. The minimum absolute atomic E-state index is 0.235. The van der Waals surface area contributed by atoms with Gasteiger partial charge in [0.15, 0.2) is 5.43 Å². The van der Waals surface area contributed by atoms with Crippen molar-refractivity contribution in [3.8, 4) is 11.1 Å². The van der Waals surface area contributed by atoms with E-state index in [9.17, 15) is 13.2 Å². The monoisotopic (exact) mass is 302 g/mol.